The van der Waals surface area contributed by atoms with Crippen molar-refractivity contribution < 1.29 is 13.2 Å². The Kier molecular flexibility index (Phi) is 4.99. The average molecular weight is 380 g/mol. The number of nitrogens with one attached hydrogen (secondary N) is 2. The largest absolute Gasteiger partial charge is 0.322 e. The fourth-order valence-corrected chi connectivity index (χ4v) is 3.73. The molecule has 2 aromatic carbocycles. The molecule has 0 saturated carbocycles. The molecule has 2 N–H and O–H groups in total. The molecule has 0 bridgehead atoms. The summed E-state index contributed by atoms with van der Waals surface area (Å²) in [6, 6.07) is 11.7. The van der Waals surface area contributed by atoms with E-state index < -0.39 is 10.0 Å². The van der Waals surface area contributed by atoms with Crippen molar-refractivity contribution in [1.82, 2.24) is 9.62 Å². The van der Waals surface area contributed by atoms with Crippen molar-refractivity contribution in [2.45, 2.75) is 17.9 Å². The maximum absolute atomic E-state index is 12.5. The van der Waals surface area contributed by atoms with Gasteiger partial charge in [-0.25, -0.2) is 17.9 Å². The van der Waals surface area contributed by atoms with Gasteiger partial charge < -0.3 is 10.2 Å². The minimum Gasteiger partial charge on any atom is -0.320 e. The third-order valence-electron chi connectivity index (χ3n) is 4.13. The van der Waals surface area contributed by atoms with Gasteiger partial charge in [0.15, 0.2) is 0 Å². The molecule has 1 aliphatic rings. The van der Waals surface area contributed by atoms with Crippen LogP contribution in [-0.2, 0) is 23.0 Å². The van der Waals surface area contributed by atoms with E-state index in [1.165, 1.54) is 7.05 Å². The van der Waals surface area contributed by atoms with E-state index in [0.717, 1.165) is 11.1 Å². The number of carbonyl (C=O) groups is 1. The van der Waals surface area contributed by atoms with Gasteiger partial charge in [0, 0.05) is 23.8 Å². The van der Waals surface area contributed by atoms with Gasteiger partial charge >= 0.3 is 6.03 Å². The minimum atomic E-state index is -3.51. The summed E-state index contributed by atoms with van der Waals surface area (Å²) in [6.07, 6.45) is 0.679. The number of amides is 2. The van der Waals surface area contributed by atoms with E-state index in [9.17, 15) is 13.2 Å². The highest BCUT2D eigenvalue weighted by atomic mass is 35.5. The summed E-state index contributed by atoms with van der Waals surface area (Å²) < 4.78 is 26.2. The van der Waals surface area contributed by atoms with Gasteiger partial charge in [-0.05, 0) is 54.9 Å². The second kappa shape index (κ2) is 7.03. The second-order valence-corrected chi connectivity index (χ2v) is 8.07. The Morgan fingerprint density at radius 3 is 2.68 bits per heavy atom. The van der Waals surface area contributed by atoms with E-state index in [1.54, 1.807) is 41.3 Å². The molecule has 8 heteroatoms. The monoisotopic (exact) mass is 379 g/mol. The third-order valence-corrected chi connectivity index (χ3v) is 5.78. The molecule has 0 fully saturated rings. The van der Waals surface area contributed by atoms with Crippen molar-refractivity contribution in [3.8, 4) is 0 Å². The zero-order valence-electron chi connectivity index (χ0n) is 13.6. The van der Waals surface area contributed by atoms with E-state index in [0.29, 0.717) is 30.2 Å². The first kappa shape index (κ1) is 17.7. The van der Waals surface area contributed by atoms with Crippen LogP contribution in [0.2, 0.25) is 5.02 Å². The molecular weight excluding hydrogens is 362 g/mol. The van der Waals surface area contributed by atoms with E-state index in [2.05, 4.69) is 10.0 Å². The summed E-state index contributed by atoms with van der Waals surface area (Å²) in [5.74, 6) is 0. The van der Waals surface area contributed by atoms with Gasteiger partial charge in [0.05, 0.1) is 4.90 Å². The first-order valence-corrected chi connectivity index (χ1v) is 9.62. The van der Waals surface area contributed by atoms with Gasteiger partial charge in [0.2, 0.25) is 10.0 Å². The SMILES string of the molecule is CNS(=O)(=O)c1ccc2c(c1)CN(C(=O)Nc1cccc(Cl)c1)CC2. The lowest BCUT2D eigenvalue weighted by atomic mass is 10.0. The third kappa shape index (κ3) is 3.95. The lowest BCUT2D eigenvalue weighted by Crippen LogP contribution is -2.39. The summed E-state index contributed by atoms with van der Waals surface area (Å²) >= 11 is 5.93. The molecule has 1 heterocycles. The fourth-order valence-electron chi connectivity index (χ4n) is 2.76. The Morgan fingerprint density at radius 1 is 1.16 bits per heavy atom. The van der Waals surface area contributed by atoms with Crippen molar-refractivity contribution >= 4 is 33.3 Å². The molecule has 0 radical (unpaired) electrons. The predicted octanol–water partition coefficient (Wildman–Crippen LogP) is 2.84. The lowest BCUT2D eigenvalue weighted by molar-refractivity contribution is 0.206. The summed E-state index contributed by atoms with van der Waals surface area (Å²) in [5.41, 5.74) is 2.51. The molecule has 0 spiro atoms. The van der Waals surface area contributed by atoms with Crippen LogP contribution in [0.15, 0.2) is 47.4 Å². The Labute approximate surface area is 151 Å². The van der Waals surface area contributed by atoms with Crippen LogP contribution in [0.25, 0.3) is 0 Å². The molecule has 0 saturated heterocycles. The van der Waals surface area contributed by atoms with E-state index in [1.807, 2.05) is 6.07 Å². The Bertz CT molecular complexity index is 915. The normalized spacial score (nSPS) is 14.1. The number of sulfonamides is 1. The first-order chi connectivity index (χ1) is 11.9. The second-order valence-electron chi connectivity index (χ2n) is 5.75. The van der Waals surface area contributed by atoms with E-state index in [-0.39, 0.29) is 10.9 Å². The van der Waals surface area contributed by atoms with Crippen molar-refractivity contribution in [2.24, 2.45) is 0 Å². The Balaban J connectivity index is 1.78. The summed E-state index contributed by atoms with van der Waals surface area (Å²) in [4.78, 5) is 14.3. The molecule has 6 nitrogen and oxygen atoms in total. The van der Waals surface area contributed by atoms with Crippen molar-refractivity contribution in [3.63, 3.8) is 0 Å². The molecule has 25 heavy (non-hydrogen) atoms. The number of benzene rings is 2. The Hall–Kier alpha value is -2.09. The summed E-state index contributed by atoms with van der Waals surface area (Å²) in [7, 11) is -2.13. The quantitative estimate of drug-likeness (QED) is 0.860. The number of nitrogens with zero attached hydrogens (tertiary/aromatic N) is 1. The smallest absolute Gasteiger partial charge is 0.320 e. The number of carbonyl (C=O) groups excluding carboxylic acids is 1. The average Bonchev–Trinajstić information content (AvgIpc) is 2.60. The molecule has 0 aromatic heterocycles. The van der Waals surface area contributed by atoms with Gasteiger partial charge in [-0.15, -0.1) is 0 Å². The molecule has 1 aliphatic heterocycles. The van der Waals surface area contributed by atoms with Crippen molar-refractivity contribution in [2.75, 3.05) is 18.9 Å². The van der Waals surface area contributed by atoms with Crippen molar-refractivity contribution in [1.29, 1.82) is 0 Å². The number of hydrogen-bond acceptors (Lipinski definition) is 3. The van der Waals surface area contributed by atoms with Crippen LogP contribution in [0.4, 0.5) is 10.5 Å². The highest BCUT2D eigenvalue weighted by Crippen LogP contribution is 2.23. The number of anilines is 1. The highest BCUT2D eigenvalue weighted by molar-refractivity contribution is 7.89. The minimum absolute atomic E-state index is 0.200. The molecule has 0 atom stereocenters. The van der Waals surface area contributed by atoms with Crippen LogP contribution < -0.4 is 10.0 Å². The molecule has 2 amide bonds. The molecule has 0 unspecified atom stereocenters. The maximum atomic E-state index is 12.5. The first-order valence-electron chi connectivity index (χ1n) is 7.76. The summed E-state index contributed by atoms with van der Waals surface area (Å²) in [5, 5.41) is 3.36. The summed E-state index contributed by atoms with van der Waals surface area (Å²) in [6.45, 7) is 0.923. The zero-order valence-corrected chi connectivity index (χ0v) is 15.2. The highest BCUT2D eigenvalue weighted by Gasteiger charge is 2.23. The van der Waals surface area contributed by atoms with Crippen LogP contribution >= 0.6 is 11.6 Å². The molecule has 0 aliphatic carbocycles. The molecule has 132 valence electrons. The molecule has 3 rings (SSSR count). The van der Waals surface area contributed by atoms with Crippen LogP contribution in [0, 0.1) is 0 Å². The zero-order chi connectivity index (χ0) is 18.0. The molecule has 2 aromatic rings. The number of hydrogen-bond donors (Lipinski definition) is 2. The lowest BCUT2D eigenvalue weighted by Gasteiger charge is -2.29. The molecular formula is C17H18ClN3O3S. The number of urea groups is 1. The van der Waals surface area contributed by atoms with Crippen LogP contribution in [0.5, 0.6) is 0 Å². The van der Waals surface area contributed by atoms with E-state index in [4.69, 9.17) is 11.6 Å². The van der Waals surface area contributed by atoms with Crippen LogP contribution in [0.1, 0.15) is 11.1 Å². The fraction of sp³-hybridized carbons (Fsp3) is 0.235. The number of fused-ring (bicyclic) bond motifs is 1. The van der Waals surface area contributed by atoms with Gasteiger partial charge in [-0.1, -0.05) is 23.7 Å². The van der Waals surface area contributed by atoms with Gasteiger partial charge in [0.25, 0.3) is 0 Å². The van der Waals surface area contributed by atoms with Gasteiger partial charge in [-0.2, -0.15) is 0 Å². The van der Waals surface area contributed by atoms with Crippen LogP contribution in [0.3, 0.4) is 0 Å². The van der Waals surface area contributed by atoms with Crippen molar-refractivity contribution in [3.05, 3.63) is 58.6 Å². The number of rotatable bonds is 3. The van der Waals surface area contributed by atoms with E-state index >= 15 is 0 Å². The van der Waals surface area contributed by atoms with Crippen LogP contribution in [-0.4, -0.2) is 32.9 Å². The standard InChI is InChI=1S/C17H18ClN3O3S/c1-19-25(23,24)16-6-5-12-7-8-21(11-13(12)9-16)17(22)20-15-4-2-3-14(18)10-15/h2-6,9-10,19H,7-8,11H2,1H3,(H,20,22). The maximum Gasteiger partial charge on any atom is 0.322 e. The predicted molar refractivity (Wildman–Crippen MR) is 97.3 cm³/mol. The van der Waals surface area contributed by atoms with Gasteiger partial charge in [-0.3, -0.25) is 0 Å². The number of halogens is 1. The topological polar surface area (TPSA) is 78.5 Å². The van der Waals surface area contributed by atoms with Gasteiger partial charge in [0.1, 0.15) is 0 Å². The Morgan fingerprint density at radius 2 is 1.96 bits per heavy atom.